The number of H-pyrrole nitrogens is 1. The zero-order valence-electron chi connectivity index (χ0n) is 19.1. The first-order chi connectivity index (χ1) is 16.1. The van der Waals surface area contributed by atoms with Crippen LogP contribution >= 0.6 is 0 Å². The van der Waals surface area contributed by atoms with E-state index >= 15 is 0 Å². The predicted molar refractivity (Wildman–Crippen MR) is 118 cm³/mol. The van der Waals surface area contributed by atoms with E-state index in [-0.39, 0.29) is 17.7 Å². The van der Waals surface area contributed by atoms with E-state index in [1.807, 2.05) is 0 Å². The summed E-state index contributed by atoms with van der Waals surface area (Å²) in [6, 6.07) is -0.657. The molecule has 1 aliphatic heterocycles. The summed E-state index contributed by atoms with van der Waals surface area (Å²) in [5.74, 6) is 0.808. The van der Waals surface area contributed by atoms with Gasteiger partial charge in [-0.3, -0.25) is 0 Å². The summed E-state index contributed by atoms with van der Waals surface area (Å²) in [6.07, 6.45) is 2.02. The Morgan fingerprint density at radius 2 is 2.03 bits per heavy atom. The lowest BCUT2D eigenvalue weighted by Gasteiger charge is -2.36. The Kier molecular flexibility index (Phi) is 6.43. The Labute approximate surface area is 194 Å². The number of hydrogen-bond donors (Lipinski definition) is 3. The number of nitrogens with zero attached hydrogens (tertiary/aromatic N) is 4. The van der Waals surface area contributed by atoms with Gasteiger partial charge in [0.05, 0.1) is 30.3 Å². The number of fused-ring (bicyclic) bond motifs is 1. The van der Waals surface area contributed by atoms with Crippen LogP contribution in [0.5, 0.6) is 5.75 Å². The third-order valence-electron chi connectivity index (χ3n) is 6.46. The van der Waals surface area contributed by atoms with E-state index in [1.54, 1.807) is 26.6 Å². The number of aliphatic hydroxyl groups excluding tert-OH is 1. The summed E-state index contributed by atoms with van der Waals surface area (Å²) in [5.41, 5.74) is 1.03. The van der Waals surface area contributed by atoms with Crippen molar-refractivity contribution in [2.24, 2.45) is 0 Å². The smallest absolute Gasteiger partial charge is 0.417 e. The number of nitrogens with one attached hydrogen (secondary N) is 2. The quantitative estimate of drug-likeness (QED) is 0.621. The minimum Gasteiger partial charge on any atom is -0.493 e. The molecule has 0 bridgehead atoms. The van der Waals surface area contributed by atoms with Gasteiger partial charge in [0.2, 0.25) is 0 Å². The van der Waals surface area contributed by atoms with Gasteiger partial charge in [-0.1, -0.05) is 0 Å². The fourth-order valence-corrected chi connectivity index (χ4v) is 4.42. The van der Waals surface area contributed by atoms with E-state index < -0.39 is 24.0 Å². The number of alkyl halides is 3. The number of likely N-dealkylation sites (N-methyl/N-ethyl adjacent to an activating group) is 1. The molecule has 1 unspecified atom stereocenters. The van der Waals surface area contributed by atoms with Crippen LogP contribution < -0.4 is 10.1 Å². The third-order valence-corrected chi connectivity index (χ3v) is 6.46. The number of aromatic nitrogens is 3. The number of rotatable bonds is 4. The molecule has 0 saturated heterocycles. The molecule has 1 fully saturated rings. The van der Waals surface area contributed by atoms with Gasteiger partial charge in [0, 0.05) is 38.5 Å². The number of amides is 2. The second-order valence-corrected chi connectivity index (χ2v) is 8.62. The average molecular weight is 480 g/mol. The van der Waals surface area contributed by atoms with Crippen LogP contribution in [0.15, 0.2) is 35.9 Å². The molecule has 1 atom stereocenters. The van der Waals surface area contributed by atoms with Crippen LogP contribution in [0.25, 0.3) is 11.2 Å². The monoisotopic (exact) mass is 480 g/mol. The second-order valence-electron chi connectivity index (χ2n) is 8.62. The van der Waals surface area contributed by atoms with Crippen molar-refractivity contribution in [3.8, 4) is 5.75 Å². The lowest BCUT2D eigenvalue weighted by Crippen LogP contribution is -2.48. The van der Waals surface area contributed by atoms with Crippen LogP contribution in [0.2, 0.25) is 0 Å². The molecule has 3 heterocycles. The van der Waals surface area contributed by atoms with Crippen molar-refractivity contribution in [2.75, 3.05) is 21.2 Å². The van der Waals surface area contributed by atoms with E-state index in [0.717, 1.165) is 35.7 Å². The summed E-state index contributed by atoms with van der Waals surface area (Å²) in [7, 11) is 4.49. The summed E-state index contributed by atoms with van der Waals surface area (Å²) in [6.45, 7) is 0. The fraction of sp³-hybridized carbons (Fsp3) is 0.500. The van der Waals surface area contributed by atoms with Gasteiger partial charge in [-0.25, -0.2) is 14.8 Å². The molecule has 2 aromatic rings. The number of hydrogen-bond acceptors (Lipinski definition) is 6. The lowest BCUT2D eigenvalue weighted by atomic mass is 9.83. The Balaban J connectivity index is 1.38. The Hall–Kier alpha value is -3.28. The number of allylic oxidation sites excluding steroid dienone is 2. The molecule has 1 aliphatic carbocycles. The maximum atomic E-state index is 13.1. The number of methoxy groups -OCH3 is 1. The molecule has 4 rings (SSSR count). The average Bonchev–Trinajstić information content (AvgIpc) is 3.23. The fourth-order valence-electron chi connectivity index (χ4n) is 4.42. The Morgan fingerprint density at radius 3 is 2.68 bits per heavy atom. The highest BCUT2D eigenvalue weighted by molar-refractivity contribution is 5.78. The van der Waals surface area contributed by atoms with Gasteiger partial charge < -0.3 is 29.9 Å². The van der Waals surface area contributed by atoms with Gasteiger partial charge in [0.25, 0.3) is 0 Å². The van der Waals surface area contributed by atoms with Gasteiger partial charge in [0.15, 0.2) is 17.6 Å². The topological polar surface area (TPSA) is 107 Å². The minimum atomic E-state index is -4.59. The Bertz CT molecular complexity index is 1120. The number of aromatic amines is 1. The summed E-state index contributed by atoms with van der Waals surface area (Å²) >= 11 is 0. The SMILES string of the molecule is COc1c[nH]c2ncc(C3CCC(N(C)C(=O)NC4=CC(C(F)(F)F)=CN(C)C4O)CC3)nc12. The number of ether oxygens (including phenoxy) is 1. The summed E-state index contributed by atoms with van der Waals surface area (Å²) in [4.78, 5) is 27.4. The number of aliphatic hydroxyl groups is 1. The van der Waals surface area contributed by atoms with Gasteiger partial charge in [-0.05, 0) is 31.8 Å². The van der Waals surface area contributed by atoms with Crippen LogP contribution in [0, 0.1) is 0 Å². The van der Waals surface area contributed by atoms with Gasteiger partial charge in [-0.15, -0.1) is 0 Å². The highest BCUT2D eigenvalue weighted by Gasteiger charge is 2.37. The number of urea groups is 1. The minimum absolute atomic E-state index is 0.0913. The molecule has 0 aromatic carbocycles. The zero-order valence-corrected chi connectivity index (χ0v) is 19.1. The van der Waals surface area contributed by atoms with Crippen molar-refractivity contribution in [1.29, 1.82) is 0 Å². The lowest BCUT2D eigenvalue weighted by molar-refractivity contribution is -0.0911. The molecular formula is C22H27F3N6O3. The second kappa shape index (κ2) is 9.16. The van der Waals surface area contributed by atoms with Crippen LogP contribution in [-0.2, 0) is 0 Å². The molecule has 0 radical (unpaired) electrons. The molecule has 12 heteroatoms. The van der Waals surface area contributed by atoms with Crippen LogP contribution in [0.3, 0.4) is 0 Å². The van der Waals surface area contributed by atoms with Crippen LogP contribution in [0.1, 0.15) is 37.3 Å². The van der Waals surface area contributed by atoms with Crippen molar-refractivity contribution >= 4 is 17.2 Å². The van der Waals surface area contributed by atoms with E-state index in [9.17, 15) is 23.1 Å². The van der Waals surface area contributed by atoms with Crippen molar-refractivity contribution in [3.63, 3.8) is 0 Å². The molecule has 2 aromatic heterocycles. The molecule has 9 nitrogen and oxygen atoms in total. The molecule has 0 spiro atoms. The highest BCUT2D eigenvalue weighted by atomic mass is 19.4. The van der Waals surface area contributed by atoms with E-state index in [0.29, 0.717) is 29.8 Å². The van der Waals surface area contributed by atoms with Crippen molar-refractivity contribution in [2.45, 2.75) is 50.0 Å². The summed E-state index contributed by atoms with van der Waals surface area (Å²) in [5, 5.41) is 12.7. The predicted octanol–water partition coefficient (Wildman–Crippen LogP) is 3.23. The first-order valence-electron chi connectivity index (χ1n) is 10.9. The van der Waals surface area contributed by atoms with E-state index in [2.05, 4.69) is 15.3 Å². The van der Waals surface area contributed by atoms with Gasteiger partial charge >= 0.3 is 12.2 Å². The first-order valence-corrected chi connectivity index (χ1v) is 10.9. The molecule has 2 amide bonds. The highest BCUT2D eigenvalue weighted by Crippen LogP contribution is 2.35. The third kappa shape index (κ3) is 4.67. The standard InChI is InChI=1S/C22H27F3N6O3/c1-30-11-13(22(23,24)25)8-15(20(30)32)29-21(33)31(2)14-6-4-12(5-7-14)16-9-26-19-18(28-16)17(34-3)10-27-19/h8-12,14,20,32H,4-7H2,1-3H3,(H,26,27)(H,29,33). The molecule has 3 N–H and O–H groups in total. The first kappa shape index (κ1) is 23.9. The van der Waals surface area contributed by atoms with Gasteiger partial charge in [0.1, 0.15) is 5.52 Å². The number of carbonyl (C=O) groups is 1. The van der Waals surface area contributed by atoms with E-state index in [4.69, 9.17) is 9.72 Å². The maximum Gasteiger partial charge on any atom is 0.417 e. The molecule has 34 heavy (non-hydrogen) atoms. The maximum absolute atomic E-state index is 13.1. The van der Waals surface area contributed by atoms with Crippen molar-refractivity contribution < 1.29 is 27.8 Å². The summed E-state index contributed by atoms with van der Waals surface area (Å²) < 4.78 is 44.7. The molecule has 1 saturated carbocycles. The zero-order chi connectivity index (χ0) is 24.6. The normalized spacial score (nSPS) is 23.4. The van der Waals surface area contributed by atoms with Crippen LogP contribution in [0.4, 0.5) is 18.0 Å². The molecule has 2 aliphatic rings. The number of halogens is 3. The Morgan fingerprint density at radius 1 is 1.32 bits per heavy atom. The van der Waals surface area contributed by atoms with E-state index in [1.165, 1.54) is 11.9 Å². The van der Waals surface area contributed by atoms with Crippen molar-refractivity contribution in [3.05, 3.63) is 41.6 Å². The van der Waals surface area contributed by atoms with Crippen molar-refractivity contribution in [1.82, 2.24) is 30.1 Å². The molecular weight excluding hydrogens is 453 g/mol. The molecule has 184 valence electrons. The van der Waals surface area contributed by atoms with Crippen LogP contribution in [-0.4, -0.2) is 75.5 Å². The number of carbonyl (C=O) groups excluding carboxylic acids is 1. The van der Waals surface area contributed by atoms with Gasteiger partial charge in [-0.2, -0.15) is 13.2 Å². The largest absolute Gasteiger partial charge is 0.493 e.